The zero-order chi connectivity index (χ0) is 10.8. The molecule has 0 spiro atoms. The van der Waals surface area contributed by atoms with E-state index in [2.05, 4.69) is 10.6 Å². The van der Waals surface area contributed by atoms with Gasteiger partial charge in [0.25, 0.3) is 0 Å². The van der Waals surface area contributed by atoms with Crippen LogP contribution in [-0.4, -0.2) is 17.9 Å². The van der Waals surface area contributed by atoms with Gasteiger partial charge in [-0.15, -0.1) is 0 Å². The van der Waals surface area contributed by atoms with E-state index < -0.39 is 6.04 Å². The van der Waals surface area contributed by atoms with E-state index >= 15 is 0 Å². The second-order valence-electron chi connectivity index (χ2n) is 3.29. The van der Waals surface area contributed by atoms with Crippen molar-refractivity contribution in [3.8, 4) is 0 Å². The Morgan fingerprint density at radius 2 is 2.07 bits per heavy atom. The van der Waals surface area contributed by atoms with Crippen molar-refractivity contribution in [2.75, 3.05) is 5.32 Å². The molecule has 1 aliphatic rings. The van der Waals surface area contributed by atoms with Crippen molar-refractivity contribution in [1.82, 2.24) is 5.32 Å². The summed E-state index contributed by atoms with van der Waals surface area (Å²) < 4.78 is 0. The fourth-order valence-electron chi connectivity index (χ4n) is 1.44. The number of imide groups is 1. The van der Waals surface area contributed by atoms with Crippen LogP contribution >= 0.6 is 11.6 Å². The topological polar surface area (TPSA) is 58.2 Å². The molecule has 0 saturated carbocycles. The highest BCUT2D eigenvalue weighted by atomic mass is 35.5. The van der Waals surface area contributed by atoms with Crippen LogP contribution in [0.5, 0.6) is 0 Å². The molecular formula is C10H9ClN2O2. The van der Waals surface area contributed by atoms with Crippen LogP contribution in [0.4, 0.5) is 5.69 Å². The number of carbonyl (C=O) groups is 2. The molecule has 1 atom stereocenters. The molecule has 2 N–H and O–H groups in total. The summed E-state index contributed by atoms with van der Waals surface area (Å²) in [7, 11) is 0. The Balaban J connectivity index is 2.13. The average Bonchev–Trinajstić information content (AvgIpc) is 2.49. The summed E-state index contributed by atoms with van der Waals surface area (Å²) in [6.07, 6.45) is 0.157. The molecule has 1 fully saturated rings. The number of amides is 2. The number of hydrogen-bond donors (Lipinski definition) is 2. The Labute approximate surface area is 91.6 Å². The van der Waals surface area contributed by atoms with E-state index in [-0.39, 0.29) is 18.2 Å². The van der Waals surface area contributed by atoms with Crippen LogP contribution in [0.1, 0.15) is 6.42 Å². The highest BCUT2D eigenvalue weighted by Crippen LogP contribution is 2.22. The van der Waals surface area contributed by atoms with Gasteiger partial charge in [-0.3, -0.25) is 14.9 Å². The number of nitrogens with one attached hydrogen (secondary N) is 2. The van der Waals surface area contributed by atoms with Crippen LogP contribution < -0.4 is 10.6 Å². The Morgan fingerprint density at radius 1 is 1.33 bits per heavy atom. The van der Waals surface area contributed by atoms with Gasteiger partial charge in [0.1, 0.15) is 6.04 Å². The molecule has 1 saturated heterocycles. The summed E-state index contributed by atoms with van der Waals surface area (Å²) in [5.74, 6) is -0.565. The number of para-hydroxylation sites is 1. The van der Waals surface area contributed by atoms with Crippen molar-refractivity contribution in [3.05, 3.63) is 29.3 Å². The SMILES string of the molecule is O=C1CC(Nc2ccccc2Cl)C(=O)N1. The van der Waals surface area contributed by atoms with Gasteiger partial charge < -0.3 is 5.32 Å². The maximum absolute atomic E-state index is 11.3. The molecule has 0 aromatic heterocycles. The molecule has 0 radical (unpaired) electrons. The third-order valence-corrected chi connectivity index (χ3v) is 2.50. The molecule has 0 bridgehead atoms. The minimum absolute atomic E-state index is 0.157. The number of rotatable bonds is 2. The highest BCUT2D eigenvalue weighted by Gasteiger charge is 2.30. The summed E-state index contributed by atoms with van der Waals surface area (Å²) in [6.45, 7) is 0. The van der Waals surface area contributed by atoms with Crippen LogP contribution in [-0.2, 0) is 9.59 Å². The van der Waals surface area contributed by atoms with Crippen molar-refractivity contribution in [2.24, 2.45) is 0 Å². The second kappa shape index (κ2) is 3.90. The molecule has 78 valence electrons. The van der Waals surface area contributed by atoms with Gasteiger partial charge in [0, 0.05) is 0 Å². The standard InChI is InChI=1S/C10H9ClN2O2/c11-6-3-1-2-4-7(6)12-8-5-9(14)13-10(8)15/h1-4,8,12H,5H2,(H,13,14,15). The number of benzene rings is 1. The number of hydrogen-bond acceptors (Lipinski definition) is 3. The van der Waals surface area contributed by atoms with Crippen LogP contribution in [0.2, 0.25) is 5.02 Å². The van der Waals surface area contributed by atoms with E-state index in [0.29, 0.717) is 10.7 Å². The Morgan fingerprint density at radius 3 is 2.67 bits per heavy atom. The summed E-state index contributed by atoms with van der Waals surface area (Å²) in [4.78, 5) is 22.2. The highest BCUT2D eigenvalue weighted by molar-refractivity contribution is 6.33. The smallest absolute Gasteiger partial charge is 0.249 e. The van der Waals surface area contributed by atoms with E-state index in [1.165, 1.54) is 0 Å². The lowest BCUT2D eigenvalue weighted by Gasteiger charge is -2.11. The van der Waals surface area contributed by atoms with Crippen molar-refractivity contribution >= 4 is 29.1 Å². The second-order valence-corrected chi connectivity index (χ2v) is 3.70. The van der Waals surface area contributed by atoms with Crippen molar-refractivity contribution < 1.29 is 9.59 Å². The Hall–Kier alpha value is -1.55. The molecule has 2 rings (SSSR count). The normalized spacial score (nSPS) is 20.2. The molecular weight excluding hydrogens is 216 g/mol. The maximum atomic E-state index is 11.3. The van der Waals surface area contributed by atoms with Gasteiger partial charge in [0.05, 0.1) is 17.1 Å². The van der Waals surface area contributed by atoms with Gasteiger partial charge in [-0.1, -0.05) is 23.7 Å². The fraction of sp³-hybridized carbons (Fsp3) is 0.200. The molecule has 2 amide bonds. The molecule has 1 heterocycles. The quantitative estimate of drug-likeness (QED) is 0.742. The minimum Gasteiger partial charge on any atom is -0.372 e. The first-order valence-corrected chi connectivity index (χ1v) is 4.89. The maximum Gasteiger partial charge on any atom is 0.249 e. The minimum atomic E-state index is -0.516. The number of carbonyl (C=O) groups excluding carboxylic acids is 2. The Bertz CT molecular complexity index is 420. The zero-order valence-corrected chi connectivity index (χ0v) is 8.54. The molecule has 1 aliphatic heterocycles. The van der Waals surface area contributed by atoms with E-state index in [1.807, 2.05) is 6.07 Å². The van der Waals surface area contributed by atoms with Crippen LogP contribution in [0.25, 0.3) is 0 Å². The van der Waals surface area contributed by atoms with Crippen LogP contribution in [0.3, 0.4) is 0 Å². The lowest BCUT2D eigenvalue weighted by atomic mass is 10.2. The lowest BCUT2D eigenvalue weighted by Crippen LogP contribution is -2.30. The van der Waals surface area contributed by atoms with E-state index in [1.54, 1.807) is 18.2 Å². The average molecular weight is 225 g/mol. The molecule has 0 aliphatic carbocycles. The summed E-state index contributed by atoms with van der Waals surface area (Å²) in [6, 6.07) is 6.57. The van der Waals surface area contributed by atoms with Gasteiger partial charge in [0.2, 0.25) is 11.8 Å². The van der Waals surface area contributed by atoms with Gasteiger partial charge in [-0.2, -0.15) is 0 Å². The van der Waals surface area contributed by atoms with Gasteiger partial charge >= 0.3 is 0 Å². The first-order chi connectivity index (χ1) is 7.16. The zero-order valence-electron chi connectivity index (χ0n) is 7.79. The first-order valence-electron chi connectivity index (χ1n) is 4.51. The van der Waals surface area contributed by atoms with E-state index in [4.69, 9.17) is 11.6 Å². The monoisotopic (exact) mass is 224 g/mol. The molecule has 4 nitrogen and oxygen atoms in total. The largest absolute Gasteiger partial charge is 0.372 e. The third-order valence-electron chi connectivity index (χ3n) is 2.17. The molecule has 1 unspecified atom stereocenters. The third kappa shape index (κ3) is 2.10. The summed E-state index contributed by atoms with van der Waals surface area (Å²) >= 11 is 5.91. The van der Waals surface area contributed by atoms with Gasteiger partial charge in [-0.05, 0) is 12.1 Å². The van der Waals surface area contributed by atoms with Crippen molar-refractivity contribution in [1.29, 1.82) is 0 Å². The Kier molecular flexibility index (Phi) is 2.60. The number of halogens is 1. The van der Waals surface area contributed by atoms with Crippen LogP contribution in [0, 0.1) is 0 Å². The number of anilines is 1. The fourth-order valence-corrected chi connectivity index (χ4v) is 1.63. The molecule has 5 heteroatoms. The van der Waals surface area contributed by atoms with Crippen LogP contribution in [0.15, 0.2) is 24.3 Å². The molecule has 1 aromatic carbocycles. The lowest BCUT2D eigenvalue weighted by molar-refractivity contribution is -0.124. The summed E-state index contributed by atoms with van der Waals surface area (Å²) in [5.41, 5.74) is 0.661. The first kappa shape index (κ1) is 9.98. The van der Waals surface area contributed by atoms with Gasteiger partial charge in [0.15, 0.2) is 0 Å². The van der Waals surface area contributed by atoms with E-state index in [9.17, 15) is 9.59 Å². The van der Waals surface area contributed by atoms with Crippen molar-refractivity contribution in [3.63, 3.8) is 0 Å². The molecule has 1 aromatic rings. The summed E-state index contributed by atoms with van der Waals surface area (Å²) in [5, 5.41) is 5.68. The molecule has 15 heavy (non-hydrogen) atoms. The van der Waals surface area contributed by atoms with Gasteiger partial charge in [-0.25, -0.2) is 0 Å². The van der Waals surface area contributed by atoms with Crippen molar-refractivity contribution in [2.45, 2.75) is 12.5 Å². The predicted octanol–water partition coefficient (Wildman–Crippen LogP) is 1.17. The van der Waals surface area contributed by atoms with E-state index in [0.717, 1.165) is 0 Å². The predicted molar refractivity (Wildman–Crippen MR) is 56.6 cm³/mol.